The average Bonchev–Trinajstić information content (AvgIpc) is 3.17. The zero-order valence-corrected chi connectivity index (χ0v) is 19.5. The molecule has 0 spiro atoms. The smallest absolute Gasteiger partial charge is 0.255 e. The second kappa shape index (κ2) is 9.62. The van der Waals surface area contributed by atoms with Crippen molar-refractivity contribution in [1.82, 2.24) is 9.78 Å². The summed E-state index contributed by atoms with van der Waals surface area (Å²) >= 11 is 0. The number of aromatic nitrogens is 2. The van der Waals surface area contributed by atoms with Crippen LogP contribution in [0, 0.1) is 20.8 Å². The molecule has 0 aliphatic heterocycles. The molecule has 4 aromatic rings. The van der Waals surface area contributed by atoms with Gasteiger partial charge in [0.05, 0.1) is 24.2 Å². The van der Waals surface area contributed by atoms with E-state index in [1.807, 2.05) is 45.0 Å². The maximum atomic E-state index is 13.0. The molecule has 4 rings (SSSR count). The fourth-order valence-electron chi connectivity index (χ4n) is 3.62. The van der Waals surface area contributed by atoms with Crippen molar-refractivity contribution in [2.75, 3.05) is 17.7 Å². The van der Waals surface area contributed by atoms with E-state index in [4.69, 9.17) is 4.74 Å². The van der Waals surface area contributed by atoms with Gasteiger partial charge < -0.3 is 15.4 Å². The highest BCUT2D eigenvalue weighted by molar-refractivity contribution is 6.07. The number of methoxy groups -OCH3 is 1. The predicted octanol–water partition coefficient (Wildman–Crippen LogP) is 5.31. The lowest BCUT2D eigenvalue weighted by Crippen LogP contribution is -2.16. The molecule has 7 nitrogen and oxygen atoms in total. The van der Waals surface area contributed by atoms with Gasteiger partial charge in [-0.3, -0.25) is 9.59 Å². The Morgan fingerprint density at radius 1 is 0.794 bits per heavy atom. The van der Waals surface area contributed by atoms with Gasteiger partial charge in [-0.2, -0.15) is 5.10 Å². The molecule has 0 fully saturated rings. The predicted molar refractivity (Wildman–Crippen MR) is 133 cm³/mol. The van der Waals surface area contributed by atoms with Gasteiger partial charge in [-0.05, 0) is 81.4 Å². The Morgan fingerprint density at radius 3 is 2.00 bits per heavy atom. The van der Waals surface area contributed by atoms with Gasteiger partial charge in [-0.1, -0.05) is 17.7 Å². The van der Waals surface area contributed by atoms with E-state index in [9.17, 15) is 9.59 Å². The molecule has 1 aromatic heterocycles. The SMILES string of the molecule is COc1ccc(C(=O)Nc2ccc(-n3nc(C)cc3C)c(NC(=O)c3ccc(C)cc3)c2)cc1. The number of nitrogens with one attached hydrogen (secondary N) is 2. The normalized spacial score (nSPS) is 10.6. The lowest BCUT2D eigenvalue weighted by atomic mass is 10.1. The van der Waals surface area contributed by atoms with E-state index in [-0.39, 0.29) is 11.8 Å². The molecular weight excluding hydrogens is 428 g/mol. The van der Waals surface area contributed by atoms with E-state index in [2.05, 4.69) is 15.7 Å². The highest BCUT2D eigenvalue weighted by Gasteiger charge is 2.15. The largest absolute Gasteiger partial charge is 0.497 e. The molecule has 2 N–H and O–H groups in total. The zero-order valence-electron chi connectivity index (χ0n) is 19.5. The second-order valence-corrected chi connectivity index (χ2v) is 8.07. The summed E-state index contributed by atoms with van der Waals surface area (Å²) in [6.07, 6.45) is 0. The van der Waals surface area contributed by atoms with Crippen LogP contribution >= 0.6 is 0 Å². The molecule has 1 heterocycles. The zero-order chi connectivity index (χ0) is 24.2. The van der Waals surface area contributed by atoms with E-state index in [0.29, 0.717) is 33.9 Å². The Morgan fingerprint density at radius 2 is 1.41 bits per heavy atom. The lowest BCUT2D eigenvalue weighted by molar-refractivity contribution is 0.101. The monoisotopic (exact) mass is 454 g/mol. The third-order valence-corrected chi connectivity index (χ3v) is 5.41. The number of aryl methyl sites for hydroxylation is 3. The van der Waals surface area contributed by atoms with Gasteiger partial charge in [0.15, 0.2) is 0 Å². The molecule has 3 aromatic carbocycles. The summed E-state index contributed by atoms with van der Waals surface area (Å²) in [5.41, 5.74) is 5.68. The number of anilines is 2. The molecule has 34 heavy (non-hydrogen) atoms. The van der Waals surface area contributed by atoms with E-state index < -0.39 is 0 Å². The van der Waals surface area contributed by atoms with E-state index in [1.54, 1.807) is 60.3 Å². The summed E-state index contributed by atoms with van der Waals surface area (Å²) < 4.78 is 6.92. The van der Waals surface area contributed by atoms with Gasteiger partial charge >= 0.3 is 0 Å². The van der Waals surface area contributed by atoms with Crippen molar-refractivity contribution in [3.8, 4) is 11.4 Å². The highest BCUT2D eigenvalue weighted by atomic mass is 16.5. The van der Waals surface area contributed by atoms with Crippen molar-refractivity contribution in [3.63, 3.8) is 0 Å². The minimum atomic E-state index is -0.266. The molecule has 0 aliphatic carbocycles. The van der Waals surface area contributed by atoms with Crippen LogP contribution in [0.2, 0.25) is 0 Å². The van der Waals surface area contributed by atoms with E-state index in [0.717, 1.165) is 17.0 Å². The number of hydrogen-bond donors (Lipinski definition) is 2. The van der Waals surface area contributed by atoms with Crippen molar-refractivity contribution >= 4 is 23.2 Å². The first-order valence-electron chi connectivity index (χ1n) is 10.8. The molecule has 7 heteroatoms. The van der Waals surface area contributed by atoms with E-state index in [1.165, 1.54) is 0 Å². The van der Waals surface area contributed by atoms with Crippen molar-refractivity contribution in [3.05, 3.63) is 101 Å². The van der Waals surface area contributed by atoms with Crippen LogP contribution in [0.5, 0.6) is 5.75 Å². The van der Waals surface area contributed by atoms with Gasteiger partial charge in [0.2, 0.25) is 0 Å². The topological polar surface area (TPSA) is 85.2 Å². The fourth-order valence-corrected chi connectivity index (χ4v) is 3.62. The van der Waals surface area contributed by atoms with Gasteiger partial charge in [-0.15, -0.1) is 0 Å². The molecule has 0 saturated heterocycles. The maximum Gasteiger partial charge on any atom is 0.255 e. The number of nitrogens with zero attached hydrogens (tertiary/aromatic N) is 2. The lowest BCUT2D eigenvalue weighted by Gasteiger charge is -2.15. The Bertz CT molecular complexity index is 1340. The molecule has 2 amide bonds. The summed E-state index contributed by atoms with van der Waals surface area (Å²) in [4.78, 5) is 25.7. The molecule has 0 atom stereocenters. The summed E-state index contributed by atoms with van der Waals surface area (Å²) in [5, 5.41) is 10.4. The number of hydrogen-bond acceptors (Lipinski definition) is 4. The summed E-state index contributed by atoms with van der Waals surface area (Å²) in [5.74, 6) is 0.158. The van der Waals surface area contributed by atoms with Crippen LogP contribution in [0.1, 0.15) is 37.7 Å². The van der Waals surface area contributed by atoms with Crippen LogP contribution in [-0.2, 0) is 0 Å². The van der Waals surface area contributed by atoms with Crippen molar-refractivity contribution in [1.29, 1.82) is 0 Å². The highest BCUT2D eigenvalue weighted by Crippen LogP contribution is 2.27. The Labute approximate surface area is 198 Å². The number of benzene rings is 3. The first-order valence-corrected chi connectivity index (χ1v) is 10.8. The molecule has 0 radical (unpaired) electrons. The van der Waals surface area contributed by atoms with Crippen LogP contribution in [0.4, 0.5) is 11.4 Å². The number of carbonyl (C=O) groups is 2. The van der Waals surface area contributed by atoms with Crippen molar-refractivity contribution < 1.29 is 14.3 Å². The van der Waals surface area contributed by atoms with Gasteiger partial charge in [0.25, 0.3) is 11.8 Å². The standard InChI is InChI=1S/C27H26N4O3/c1-17-5-7-20(8-6-17)27(33)29-24-16-22(11-14-25(24)31-19(3)15-18(2)30-31)28-26(32)21-9-12-23(34-4)13-10-21/h5-16H,1-4H3,(H,28,32)(H,29,33). The first-order chi connectivity index (χ1) is 16.3. The maximum absolute atomic E-state index is 13.0. The van der Waals surface area contributed by atoms with Crippen molar-refractivity contribution in [2.24, 2.45) is 0 Å². The number of carbonyl (C=O) groups excluding carboxylic acids is 2. The third kappa shape index (κ3) is 4.99. The fraction of sp³-hybridized carbons (Fsp3) is 0.148. The van der Waals surface area contributed by atoms with Crippen LogP contribution in [-0.4, -0.2) is 28.7 Å². The molecule has 172 valence electrons. The van der Waals surface area contributed by atoms with Gasteiger partial charge in [0, 0.05) is 22.5 Å². The Kier molecular flexibility index (Phi) is 6.45. The summed E-state index contributed by atoms with van der Waals surface area (Å²) in [6, 6.07) is 21.5. The summed E-state index contributed by atoms with van der Waals surface area (Å²) in [6.45, 7) is 5.83. The molecule has 0 aliphatic rings. The van der Waals surface area contributed by atoms with Crippen molar-refractivity contribution in [2.45, 2.75) is 20.8 Å². The van der Waals surface area contributed by atoms with Crippen LogP contribution in [0.3, 0.4) is 0 Å². The van der Waals surface area contributed by atoms with Gasteiger partial charge in [0.1, 0.15) is 5.75 Å². The Hall–Kier alpha value is -4.39. The molecular formula is C27H26N4O3. The molecule has 0 bridgehead atoms. The minimum Gasteiger partial charge on any atom is -0.497 e. The van der Waals surface area contributed by atoms with Crippen LogP contribution < -0.4 is 15.4 Å². The first kappa shape index (κ1) is 22.8. The third-order valence-electron chi connectivity index (χ3n) is 5.41. The van der Waals surface area contributed by atoms with Crippen LogP contribution in [0.25, 0.3) is 5.69 Å². The van der Waals surface area contributed by atoms with Gasteiger partial charge in [-0.25, -0.2) is 4.68 Å². The minimum absolute atomic E-state index is 0.249. The number of rotatable bonds is 6. The quantitative estimate of drug-likeness (QED) is 0.413. The van der Waals surface area contributed by atoms with E-state index >= 15 is 0 Å². The Balaban J connectivity index is 1.66. The van der Waals surface area contributed by atoms with Crippen LogP contribution in [0.15, 0.2) is 72.8 Å². The average molecular weight is 455 g/mol. The molecule has 0 saturated carbocycles. The number of ether oxygens (including phenoxy) is 1. The number of amides is 2. The molecule has 0 unspecified atom stereocenters. The summed E-state index contributed by atoms with van der Waals surface area (Å²) in [7, 11) is 1.58. The second-order valence-electron chi connectivity index (χ2n) is 8.07.